The summed E-state index contributed by atoms with van der Waals surface area (Å²) in [6, 6.07) is 4.12. The van der Waals surface area contributed by atoms with Crippen LogP contribution in [0.1, 0.15) is 38.3 Å². The van der Waals surface area contributed by atoms with Crippen molar-refractivity contribution in [1.82, 2.24) is 4.98 Å². The van der Waals surface area contributed by atoms with Gasteiger partial charge in [-0.2, -0.15) is 0 Å². The highest BCUT2D eigenvalue weighted by atomic mass is 16.1. The fourth-order valence-corrected chi connectivity index (χ4v) is 1.39. The summed E-state index contributed by atoms with van der Waals surface area (Å²) in [6.45, 7) is 1.66. The van der Waals surface area contributed by atoms with Crippen molar-refractivity contribution in [2.45, 2.75) is 39.0 Å². The molecular weight excluding hydrogens is 162 g/mol. The first-order valence-electron chi connectivity index (χ1n) is 4.91. The lowest BCUT2D eigenvalue weighted by Crippen LogP contribution is -1.90. The normalized spacial score (nSPS) is 10.2. The summed E-state index contributed by atoms with van der Waals surface area (Å²) in [6.07, 6.45) is 7.16. The maximum absolute atomic E-state index is 10.6. The predicted molar refractivity (Wildman–Crippen MR) is 53.6 cm³/mol. The first kappa shape index (κ1) is 10.0. The van der Waals surface area contributed by atoms with E-state index in [9.17, 15) is 4.79 Å². The van der Waals surface area contributed by atoms with Crippen LogP contribution < -0.4 is 0 Å². The average molecular weight is 179 g/mol. The number of hydrogen-bond acceptors (Lipinski definition) is 1. The third-order valence-corrected chi connectivity index (χ3v) is 2.14. The lowest BCUT2D eigenvalue weighted by atomic mass is 10.1. The second-order valence-electron chi connectivity index (χ2n) is 3.46. The number of H-pyrrole nitrogens is 1. The maximum Gasteiger partial charge on any atom is 0.129 e. The minimum Gasteiger partial charge on any atom is -0.365 e. The van der Waals surface area contributed by atoms with Gasteiger partial charge in [0.05, 0.1) is 0 Å². The Bertz CT molecular complexity index is 239. The van der Waals surface area contributed by atoms with Gasteiger partial charge in [-0.3, -0.25) is 0 Å². The van der Waals surface area contributed by atoms with E-state index in [1.165, 1.54) is 12.1 Å². The molecule has 0 saturated carbocycles. The molecule has 0 atom stereocenters. The van der Waals surface area contributed by atoms with Crippen LogP contribution in [-0.2, 0) is 11.2 Å². The first-order valence-corrected chi connectivity index (χ1v) is 4.91. The molecule has 0 bridgehead atoms. The van der Waals surface area contributed by atoms with Crippen LogP contribution in [0.15, 0.2) is 18.3 Å². The van der Waals surface area contributed by atoms with Crippen LogP contribution in [-0.4, -0.2) is 10.8 Å². The Labute approximate surface area is 79.4 Å². The van der Waals surface area contributed by atoms with E-state index in [1.807, 2.05) is 12.3 Å². The summed E-state index contributed by atoms with van der Waals surface area (Å²) in [5.41, 5.74) is 1.29. The van der Waals surface area contributed by atoms with Crippen molar-refractivity contribution in [3.8, 4) is 0 Å². The molecule has 0 saturated heterocycles. The summed E-state index contributed by atoms with van der Waals surface area (Å²) >= 11 is 0. The van der Waals surface area contributed by atoms with E-state index < -0.39 is 0 Å². The van der Waals surface area contributed by atoms with Crippen molar-refractivity contribution in [2.24, 2.45) is 0 Å². The molecule has 1 aromatic rings. The largest absolute Gasteiger partial charge is 0.365 e. The summed E-state index contributed by atoms with van der Waals surface area (Å²) in [5.74, 6) is 0.305. The summed E-state index contributed by atoms with van der Waals surface area (Å²) in [4.78, 5) is 13.8. The van der Waals surface area contributed by atoms with Crippen LogP contribution in [0.2, 0.25) is 0 Å². The molecule has 0 unspecified atom stereocenters. The minimum absolute atomic E-state index is 0.305. The fraction of sp³-hybridized carbons (Fsp3) is 0.545. The van der Waals surface area contributed by atoms with Crippen molar-refractivity contribution in [3.63, 3.8) is 0 Å². The van der Waals surface area contributed by atoms with E-state index in [0.29, 0.717) is 5.78 Å². The molecule has 0 aromatic carbocycles. The molecule has 1 rings (SSSR count). The number of aryl methyl sites for hydroxylation is 1. The van der Waals surface area contributed by atoms with Crippen LogP contribution in [0.5, 0.6) is 0 Å². The standard InChI is InChI=1S/C11H17NO/c1-10(13)6-3-2-4-7-11-8-5-9-12-11/h5,8-9,12H,2-4,6-7H2,1H3. The van der Waals surface area contributed by atoms with Gasteiger partial charge in [0.2, 0.25) is 0 Å². The van der Waals surface area contributed by atoms with Gasteiger partial charge in [0.25, 0.3) is 0 Å². The smallest absolute Gasteiger partial charge is 0.129 e. The molecule has 0 amide bonds. The fourth-order valence-electron chi connectivity index (χ4n) is 1.39. The molecule has 0 aliphatic rings. The van der Waals surface area contributed by atoms with Gasteiger partial charge >= 0.3 is 0 Å². The lowest BCUT2D eigenvalue weighted by molar-refractivity contribution is -0.117. The Balaban J connectivity index is 1.99. The van der Waals surface area contributed by atoms with Crippen LogP contribution >= 0.6 is 0 Å². The van der Waals surface area contributed by atoms with Gasteiger partial charge in [0, 0.05) is 18.3 Å². The molecule has 1 aromatic heterocycles. The van der Waals surface area contributed by atoms with Gasteiger partial charge in [-0.25, -0.2) is 0 Å². The number of carbonyl (C=O) groups excluding carboxylic acids is 1. The predicted octanol–water partition coefficient (Wildman–Crippen LogP) is 2.71. The van der Waals surface area contributed by atoms with Gasteiger partial charge in [-0.1, -0.05) is 6.42 Å². The molecule has 0 fully saturated rings. The minimum atomic E-state index is 0.305. The third-order valence-electron chi connectivity index (χ3n) is 2.14. The molecule has 0 radical (unpaired) electrons. The number of hydrogen-bond donors (Lipinski definition) is 1. The molecule has 72 valence electrons. The Kier molecular flexibility index (Phi) is 4.30. The van der Waals surface area contributed by atoms with Crippen molar-refractivity contribution in [1.29, 1.82) is 0 Å². The summed E-state index contributed by atoms with van der Waals surface area (Å²) < 4.78 is 0. The van der Waals surface area contributed by atoms with E-state index in [1.54, 1.807) is 6.92 Å². The maximum atomic E-state index is 10.6. The quantitative estimate of drug-likeness (QED) is 0.669. The van der Waals surface area contributed by atoms with E-state index >= 15 is 0 Å². The second kappa shape index (κ2) is 5.57. The number of carbonyl (C=O) groups is 1. The number of aromatic amines is 1. The number of unbranched alkanes of at least 4 members (excludes halogenated alkanes) is 2. The van der Waals surface area contributed by atoms with E-state index in [2.05, 4.69) is 11.1 Å². The molecule has 0 spiro atoms. The topological polar surface area (TPSA) is 32.9 Å². The third kappa shape index (κ3) is 4.51. The van der Waals surface area contributed by atoms with Gasteiger partial charge in [-0.15, -0.1) is 0 Å². The van der Waals surface area contributed by atoms with E-state index in [4.69, 9.17) is 0 Å². The van der Waals surface area contributed by atoms with Crippen LogP contribution in [0.25, 0.3) is 0 Å². The van der Waals surface area contributed by atoms with Crippen LogP contribution in [0.3, 0.4) is 0 Å². The van der Waals surface area contributed by atoms with Gasteiger partial charge in [-0.05, 0) is 38.3 Å². The number of Topliss-reactive ketones (excluding diaryl/α,β-unsaturated/α-hetero) is 1. The van der Waals surface area contributed by atoms with E-state index in [0.717, 1.165) is 25.7 Å². The van der Waals surface area contributed by atoms with Crippen molar-refractivity contribution >= 4 is 5.78 Å². The zero-order valence-electron chi connectivity index (χ0n) is 8.18. The average Bonchev–Trinajstić information content (AvgIpc) is 2.55. The Morgan fingerprint density at radius 3 is 2.85 bits per heavy atom. The molecule has 0 aliphatic carbocycles. The second-order valence-corrected chi connectivity index (χ2v) is 3.46. The lowest BCUT2D eigenvalue weighted by Gasteiger charge is -1.97. The van der Waals surface area contributed by atoms with Gasteiger partial charge in [0.15, 0.2) is 0 Å². The molecule has 1 N–H and O–H groups in total. The van der Waals surface area contributed by atoms with Crippen LogP contribution in [0, 0.1) is 0 Å². The monoisotopic (exact) mass is 179 g/mol. The Morgan fingerprint density at radius 1 is 1.38 bits per heavy atom. The zero-order chi connectivity index (χ0) is 9.52. The Hall–Kier alpha value is -1.05. The SMILES string of the molecule is CC(=O)CCCCCc1ccc[nH]1. The number of aromatic nitrogens is 1. The Morgan fingerprint density at radius 2 is 2.23 bits per heavy atom. The number of ketones is 1. The highest BCUT2D eigenvalue weighted by Crippen LogP contribution is 2.05. The molecule has 13 heavy (non-hydrogen) atoms. The highest BCUT2D eigenvalue weighted by molar-refractivity contribution is 5.75. The zero-order valence-corrected chi connectivity index (χ0v) is 8.18. The molecule has 0 aliphatic heterocycles. The van der Waals surface area contributed by atoms with Gasteiger partial charge in [0.1, 0.15) is 5.78 Å². The van der Waals surface area contributed by atoms with Crippen molar-refractivity contribution < 1.29 is 4.79 Å². The van der Waals surface area contributed by atoms with Crippen LogP contribution in [0.4, 0.5) is 0 Å². The molecule has 2 nitrogen and oxygen atoms in total. The van der Waals surface area contributed by atoms with Crippen molar-refractivity contribution in [3.05, 3.63) is 24.0 Å². The van der Waals surface area contributed by atoms with E-state index in [-0.39, 0.29) is 0 Å². The number of nitrogens with one attached hydrogen (secondary N) is 1. The van der Waals surface area contributed by atoms with Crippen molar-refractivity contribution in [2.75, 3.05) is 0 Å². The molecule has 1 heterocycles. The molecular formula is C11H17NO. The van der Waals surface area contributed by atoms with Gasteiger partial charge < -0.3 is 9.78 Å². The summed E-state index contributed by atoms with van der Waals surface area (Å²) in [7, 11) is 0. The first-order chi connectivity index (χ1) is 6.29. The highest BCUT2D eigenvalue weighted by Gasteiger charge is 1.95. The summed E-state index contributed by atoms with van der Waals surface area (Å²) in [5, 5.41) is 0. The molecule has 2 heteroatoms. The number of rotatable bonds is 6.